The van der Waals surface area contributed by atoms with Crippen molar-refractivity contribution in [2.45, 2.75) is 45.0 Å². The molecule has 1 N–H and O–H groups in total. The summed E-state index contributed by atoms with van der Waals surface area (Å²) in [7, 11) is 0. The van der Waals surface area contributed by atoms with Gasteiger partial charge in [0.1, 0.15) is 23.1 Å². The van der Waals surface area contributed by atoms with Gasteiger partial charge >= 0.3 is 0 Å². The number of carbonyl (C=O) groups excluding carboxylic acids is 1. The molecule has 0 unspecified atom stereocenters. The monoisotopic (exact) mass is 437 g/mol. The second-order valence-electron chi connectivity index (χ2n) is 8.26. The molecule has 0 bridgehead atoms. The van der Waals surface area contributed by atoms with Crippen molar-refractivity contribution in [2.24, 2.45) is 0 Å². The number of nitriles is 1. The van der Waals surface area contributed by atoms with Gasteiger partial charge in [0.2, 0.25) is 0 Å². The number of hydrogen-bond donors (Lipinski definition) is 1. The summed E-state index contributed by atoms with van der Waals surface area (Å²) in [6.45, 7) is 6.04. The van der Waals surface area contributed by atoms with Gasteiger partial charge in [-0.05, 0) is 44.9 Å². The van der Waals surface area contributed by atoms with Gasteiger partial charge in [-0.15, -0.1) is 0 Å². The van der Waals surface area contributed by atoms with Crippen LogP contribution in [0, 0.1) is 11.3 Å². The van der Waals surface area contributed by atoms with Gasteiger partial charge in [-0.2, -0.15) is 5.26 Å². The molecule has 1 amide bonds. The normalized spacial score (nSPS) is 23.8. The number of nitrogens with zero attached hydrogens (tertiary/aromatic N) is 4. The largest absolute Gasteiger partial charge is 0.376 e. The van der Waals surface area contributed by atoms with Crippen molar-refractivity contribution in [1.29, 1.82) is 5.26 Å². The van der Waals surface area contributed by atoms with Gasteiger partial charge in [-0.25, -0.2) is 4.98 Å². The van der Waals surface area contributed by atoms with Crippen LogP contribution in [0.5, 0.6) is 0 Å². The first-order valence-electron chi connectivity index (χ1n) is 10.9. The Bertz CT molecular complexity index is 1120. The number of morpholine rings is 1. The molecule has 3 atom stereocenters. The van der Waals surface area contributed by atoms with E-state index in [0.717, 1.165) is 12.8 Å². The lowest BCUT2D eigenvalue weighted by atomic mass is 10.1. The van der Waals surface area contributed by atoms with Crippen molar-refractivity contribution in [3.05, 3.63) is 45.9 Å². The summed E-state index contributed by atoms with van der Waals surface area (Å²) in [5, 5.41) is 12.4. The van der Waals surface area contributed by atoms with Crippen molar-refractivity contribution in [1.82, 2.24) is 14.7 Å². The van der Waals surface area contributed by atoms with Crippen molar-refractivity contribution >= 4 is 23.4 Å². The number of pyridine rings is 1. The van der Waals surface area contributed by atoms with Crippen LogP contribution in [0.15, 0.2) is 34.8 Å². The summed E-state index contributed by atoms with van der Waals surface area (Å²) >= 11 is 0. The first kappa shape index (κ1) is 22.0. The molecular weight excluding hydrogens is 410 g/mol. The Balaban J connectivity index is 1.73. The molecule has 4 heterocycles. The first-order chi connectivity index (χ1) is 15.5. The molecule has 2 saturated heterocycles. The highest BCUT2D eigenvalue weighted by molar-refractivity contribution is 6.02. The summed E-state index contributed by atoms with van der Waals surface area (Å²) in [5.41, 5.74) is 0.224. The van der Waals surface area contributed by atoms with Gasteiger partial charge in [0.15, 0.2) is 0 Å². The highest BCUT2D eigenvalue weighted by Gasteiger charge is 2.27. The van der Waals surface area contributed by atoms with Gasteiger partial charge in [0.05, 0.1) is 23.9 Å². The van der Waals surface area contributed by atoms with Crippen LogP contribution < -0.4 is 15.8 Å². The molecule has 0 aliphatic carbocycles. The minimum atomic E-state index is -0.532. The Labute approximate surface area is 186 Å². The van der Waals surface area contributed by atoms with Crippen molar-refractivity contribution < 1.29 is 14.3 Å². The molecular formula is C23H27N5O4. The summed E-state index contributed by atoms with van der Waals surface area (Å²) in [6.07, 6.45) is 4.67. The zero-order chi connectivity index (χ0) is 22.7. The van der Waals surface area contributed by atoms with Crippen LogP contribution >= 0.6 is 0 Å². The lowest BCUT2D eigenvalue weighted by Gasteiger charge is -2.36. The topological polar surface area (TPSA) is 109 Å². The van der Waals surface area contributed by atoms with Gasteiger partial charge < -0.3 is 19.7 Å². The number of carbonyl (C=O) groups is 1. The Kier molecular flexibility index (Phi) is 6.53. The van der Waals surface area contributed by atoms with Gasteiger partial charge in [-0.1, -0.05) is 6.07 Å². The number of amides is 1. The van der Waals surface area contributed by atoms with Crippen LogP contribution in [0.1, 0.15) is 32.3 Å². The maximum Gasteiger partial charge on any atom is 0.267 e. The fourth-order valence-electron chi connectivity index (χ4n) is 4.21. The highest BCUT2D eigenvalue weighted by Crippen LogP contribution is 2.23. The number of fused-ring (bicyclic) bond motifs is 1. The molecule has 0 radical (unpaired) electrons. The van der Waals surface area contributed by atoms with Crippen LogP contribution in [-0.4, -0.2) is 59.8 Å². The molecule has 0 saturated carbocycles. The molecule has 32 heavy (non-hydrogen) atoms. The fourth-order valence-corrected chi connectivity index (χ4v) is 4.21. The quantitative estimate of drug-likeness (QED) is 0.558. The van der Waals surface area contributed by atoms with Crippen LogP contribution in [-0.2, 0) is 14.3 Å². The zero-order valence-electron chi connectivity index (χ0n) is 18.3. The minimum Gasteiger partial charge on any atom is -0.376 e. The summed E-state index contributed by atoms with van der Waals surface area (Å²) < 4.78 is 12.8. The van der Waals surface area contributed by atoms with Crippen molar-refractivity contribution in [3.63, 3.8) is 0 Å². The van der Waals surface area contributed by atoms with Crippen molar-refractivity contribution in [3.8, 4) is 6.07 Å². The standard InChI is InChI=1S/C23H27N5O4/c1-15-13-27(14-16(2)32-15)21-19(23(30)28-8-4-3-7-20(28)26-21)10-17(11-24)22(29)25-12-18-6-5-9-31-18/h3-4,7-8,10,15-16,18H,5-6,9,12-14H2,1-2H3,(H,25,29)/b17-10+/t15-,16+,18-/m0/s1. The maximum absolute atomic E-state index is 13.4. The van der Waals surface area contributed by atoms with Crippen LogP contribution in [0.25, 0.3) is 11.7 Å². The third-order valence-electron chi connectivity index (χ3n) is 5.64. The third kappa shape index (κ3) is 4.66. The lowest BCUT2D eigenvalue weighted by Crippen LogP contribution is -2.46. The Morgan fingerprint density at radius 3 is 2.81 bits per heavy atom. The molecule has 168 valence electrons. The lowest BCUT2D eigenvalue weighted by molar-refractivity contribution is -0.117. The molecule has 9 nitrogen and oxygen atoms in total. The average Bonchev–Trinajstić information content (AvgIpc) is 3.30. The number of aromatic nitrogens is 2. The van der Waals surface area contributed by atoms with E-state index >= 15 is 0 Å². The van der Waals surface area contributed by atoms with Crippen LogP contribution in [0.3, 0.4) is 0 Å². The van der Waals surface area contributed by atoms with E-state index in [2.05, 4.69) is 5.32 Å². The van der Waals surface area contributed by atoms with E-state index in [9.17, 15) is 14.9 Å². The predicted molar refractivity (Wildman–Crippen MR) is 119 cm³/mol. The molecule has 2 aliphatic rings. The molecule has 4 rings (SSSR count). The van der Waals surface area contributed by atoms with Crippen LogP contribution in [0.2, 0.25) is 0 Å². The Hall–Kier alpha value is -3.22. The molecule has 9 heteroatoms. The zero-order valence-corrected chi connectivity index (χ0v) is 18.3. The summed E-state index contributed by atoms with van der Waals surface area (Å²) in [5.74, 6) is -0.0851. The van der Waals surface area contributed by atoms with E-state index in [1.165, 1.54) is 10.5 Å². The van der Waals surface area contributed by atoms with E-state index in [1.54, 1.807) is 18.3 Å². The number of anilines is 1. The number of hydrogen-bond acceptors (Lipinski definition) is 7. The number of ether oxygens (including phenoxy) is 2. The maximum atomic E-state index is 13.4. The van der Waals surface area contributed by atoms with E-state index in [4.69, 9.17) is 14.5 Å². The molecule has 2 fully saturated rings. The molecule has 0 spiro atoms. The summed E-state index contributed by atoms with van der Waals surface area (Å²) in [4.78, 5) is 32.7. The van der Waals surface area contributed by atoms with E-state index in [0.29, 0.717) is 37.7 Å². The van der Waals surface area contributed by atoms with Gasteiger partial charge in [-0.3, -0.25) is 14.0 Å². The van der Waals surface area contributed by atoms with E-state index in [1.807, 2.05) is 30.9 Å². The van der Waals surface area contributed by atoms with E-state index in [-0.39, 0.29) is 35.0 Å². The van der Waals surface area contributed by atoms with Gasteiger partial charge in [0, 0.05) is 32.4 Å². The Morgan fingerprint density at radius 2 is 2.12 bits per heavy atom. The number of nitrogens with one attached hydrogen (secondary N) is 1. The Morgan fingerprint density at radius 1 is 1.34 bits per heavy atom. The second kappa shape index (κ2) is 9.51. The molecule has 0 aromatic carbocycles. The molecule has 2 aromatic rings. The predicted octanol–water partition coefficient (Wildman–Crippen LogP) is 1.51. The summed E-state index contributed by atoms with van der Waals surface area (Å²) in [6, 6.07) is 7.24. The smallest absolute Gasteiger partial charge is 0.267 e. The van der Waals surface area contributed by atoms with E-state index < -0.39 is 5.91 Å². The third-order valence-corrected chi connectivity index (χ3v) is 5.64. The van der Waals surface area contributed by atoms with Crippen LogP contribution in [0.4, 0.5) is 5.82 Å². The number of rotatable bonds is 5. The molecule has 2 aromatic heterocycles. The highest BCUT2D eigenvalue weighted by atomic mass is 16.5. The average molecular weight is 438 g/mol. The van der Waals surface area contributed by atoms with Crippen molar-refractivity contribution in [2.75, 3.05) is 31.1 Å². The SMILES string of the molecule is C[C@@H]1CN(c2nc3ccccn3c(=O)c2/C=C(\C#N)C(=O)NC[C@@H]2CCCO2)C[C@H](C)O1. The van der Waals surface area contributed by atoms with Gasteiger partial charge in [0.25, 0.3) is 11.5 Å². The molecule has 2 aliphatic heterocycles. The fraction of sp³-hybridized carbons (Fsp3) is 0.478. The second-order valence-corrected chi connectivity index (χ2v) is 8.26. The first-order valence-corrected chi connectivity index (χ1v) is 10.9. The minimum absolute atomic E-state index is 0.0428.